The molecule has 1 aliphatic rings. The second-order valence-corrected chi connectivity index (χ2v) is 6.88. The highest BCUT2D eigenvalue weighted by Crippen LogP contribution is 2.30. The Hall–Kier alpha value is -2.93. The minimum Gasteiger partial charge on any atom is -0.492 e. The zero-order chi connectivity index (χ0) is 19.3. The number of hydrogen-bond acceptors (Lipinski definition) is 6. The standard InChI is InChI=1S/C21H26N6O/c1-3-28-20-12-8-7-11-19(20)26-15-13-25(14-16-26)17(2)21-22-23-24-27(21)18-9-5-4-6-10-18/h4-12,17H,3,13-16H2,1-2H3/t17-/m1/s1. The van der Waals surface area contributed by atoms with Crippen molar-refractivity contribution in [2.24, 2.45) is 0 Å². The van der Waals surface area contributed by atoms with Crippen LogP contribution in [0.2, 0.25) is 0 Å². The number of rotatable bonds is 6. The van der Waals surface area contributed by atoms with Crippen LogP contribution < -0.4 is 9.64 Å². The Morgan fingerprint density at radius 1 is 0.964 bits per heavy atom. The highest BCUT2D eigenvalue weighted by molar-refractivity contribution is 5.58. The molecule has 1 saturated heterocycles. The van der Waals surface area contributed by atoms with E-state index in [9.17, 15) is 0 Å². The summed E-state index contributed by atoms with van der Waals surface area (Å²) >= 11 is 0. The van der Waals surface area contributed by atoms with Crippen molar-refractivity contribution in [1.82, 2.24) is 25.1 Å². The number of ether oxygens (including phenoxy) is 1. The fraction of sp³-hybridized carbons (Fsp3) is 0.381. The molecule has 28 heavy (non-hydrogen) atoms. The number of tetrazole rings is 1. The van der Waals surface area contributed by atoms with E-state index in [0.29, 0.717) is 6.61 Å². The third-order valence-corrected chi connectivity index (χ3v) is 5.24. The monoisotopic (exact) mass is 378 g/mol. The summed E-state index contributed by atoms with van der Waals surface area (Å²) in [6.45, 7) is 8.66. The molecule has 1 aromatic heterocycles. The predicted octanol–water partition coefficient (Wildman–Crippen LogP) is 2.94. The van der Waals surface area contributed by atoms with E-state index < -0.39 is 0 Å². The van der Waals surface area contributed by atoms with E-state index in [0.717, 1.165) is 43.4 Å². The van der Waals surface area contributed by atoms with Crippen LogP contribution in [0.3, 0.4) is 0 Å². The van der Waals surface area contributed by atoms with Crippen LogP contribution in [0.25, 0.3) is 5.69 Å². The molecule has 0 radical (unpaired) electrons. The van der Waals surface area contributed by atoms with Gasteiger partial charge in [0, 0.05) is 26.2 Å². The van der Waals surface area contributed by atoms with E-state index in [1.54, 1.807) is 0 Å². The van der Waals surface area contributed by atoms with Crippen LogP contribution in [0.4, 0.5) is 5.69 Å². The molecule has 0 bridgehead atoms. The van der Waals surface area contributed by atoms with Crippen LogP contribution in [-0.4, -0.2) is 57.9 Å². The third-order valence-electron chi connectivity index (χ3n) is 5.24. The van der Waals surface area contributed by atoms with Crippen LogP contribution >= 0.6 is 0 Å². The summed E-state index contributed by atoms with van der Waals surface area (Å²) in [5, 5.41) is 12.4. The largest absolute Gasteiger partial charge is 0.492 e. The van der Waals surface area contributed by atoms with Gasteiger partial charge in [0.05, 0.1) is 24.0 Å². The lowest BCUT2D eigenvalue weighted by atomic mass is 10.2. The lowest BCUT2D eigenvalue weighted by molar-refractivity contribution is 0.189. The molecule has 1 atom stereocenters. The topological polar surface area (TPSA) is 59.3 Å². The third kappa shape index (κ3) is 3.71. The predicted molar refractivity (Wildman–Crippen MR) is 109 cm³/mol. The van der Waals surface area contributed by atoms with Crippen LogP contribution in [0.1, 0.15) is 25.7 Å². The van der Waals surface area contributed by atoms with E-state index in [-0.39, 0.29) is 6.04 Å². The molecule has 7 heteroatoms. The molecule has 0 amide bonds. The molecule has 7 nitrogen and oxygen atoms in total. The Morgan fingerprint density at radius 3 is 2.43 bits per heavy atom. The van der Waals surface area contributed by atoms with Crippen LogP contribution in [0, 0.1) is 0 Å². The van der Waals surface area contributed by atoms with Crippen molar-refractivity contribution in [3.63, 3.8) is 0 Å². The van der Waals surface area contributed by atoms with Gasteiger partial charge in [-0.2, -0.15) is 4.68 Å². The highest BCUT2D eigenvalue weighted by Gasteiger charge is 2.27. The first-order chi connectivity index (χ1) is 13.8. The second-order valence-electron chi connectivity index (χ2n) is 6.88. The van der Waals surface area contributed by atoms with E-state index in [1.165, 1.54) is 5.69 Å². The Balaban J connectivity index is 1.46. The highest BCUT2D eigenvalue weighted by atomic mass is 16.5. The van der Waals surface area contributed by atoms with Gasteiger partial charge in [-0.3, -0.25) is 4.90 Å². The first-order valence-corrected chi connectivity index (χ1v) is 9.82. The van der Waals surface area contributed by atoms with E-state index in [1.807, 2.05) is 54.1 Å². The maximum absolute atomic E-state index is 5.80. The van der Waals surface area contributed by atoms with Gasteiger partial charge in [-0.15, -0.1) is 5.10 Å². The smallest absolute Gasteiger partial charge is 0.173 e. The number of nitrogens with zero attached hydrogens (tertiary/aromatic N) is 6. The van der Waals surface area contributed by atoms with Crippen molar-refractivity contribution in [2.45, 2.75) is 19.9 Å². The zero-order valence-corrected chi connectivity index (χ0v) is 16.4. The summed E-state index contributed by atoms with van der Waals surface area (Å²) in [6.07, 6.45) is 0. The molecule has 0 spiro atoms. The molecule has 0 unspecified atom stereocenters. The van der Waals surface area contributed by atoms with Gasteiger partial charge < -0.3 is 9.64 Å². The first kappa shape index (κ1) is 18.4. The maximum Gasteiger partial charge on any atom is 0.173 e. The van der Waals surface area contributed by atoms with Crippen LogP contribution in [0.5, 0.6) is 5.75 Å². The molecule has 0 aliphatic carbocycles. The van der Waals surface area contributed by atoms with Crippen molar-refractivity contribution in [1.29, 1.82) is 0 Å². The maximum atomic E-state index is 5.80. The number of piperazine rings is 1. The number of para-hydroxylation sites is 3. The number of anilines is 1. The van der Waals surface area contributed by atoms with Gasteiger partial charge in [0.2, 0.25) is 0 Å². The fourth-order valence-corrected chi connectivity index (χ4v) is 3.72. The molecule has 0 saturated carbocycles. The van der Waals surface area contributed by atoms with Gasteiger partial charge in [0.25, 0.3) is 0 Å². The number of benzene rings is 2. The SMILES string of the molecule is CCOc1ccccc1N1CCN([C@H](C)c2nnnn2-c2ccccc2)CC1. The quantitative estimate of drug-likeness (QED) is 0.657. The van der Waals surface area contributed by atoms with Gasteiger partial charge >= 0.3 is 0 Å². The Labute approximate surface area is 165 Å². The van der Waals surface area contributed by atoms with Gasteiger partial charge in [0.1, 0.15) is 5.75 Å². The normalized spacial score (nSPS) is 16.1. The molecule has 146 valence electrons. The van der Waals surface area contributed by atoms with Crippen molar-refractivity contribution < 1.29 is 4.74 Å². The molecule has 1 fully saturated rings. The van der Waals surface area contributed by atoms with Crippen LogP contribution in [-0.2, 0) is 0 Å². The summed E-state index contributed by atoms with van der Waals surface area (Å²) in [4.78, 5) is 4.83. The molecule has 1 aliphatic heterocycles. The molecule has 2 aromatic carbocycles. The number of aromatic nitrogens is 4. The van der Waals surface area contributed by atoms with Crippen molar-refractivity contribution in [3.8, 4) is 11.4 Å². The summed E-state index contributed by atoms with van der Waals surface area (Å²) in [7, 11) is 0. The minimum absolute atomic E-state index is 0.138. The lowest BCUT2D eigenvalue weighted by Crippen LogP contribution is -2.47. The summed E-state index contributed by atoms with van der Waals surface area (Å²) in [5.41, 5.74) is 2.16. The molecule has 2 heterocycles. The van der Waals surface area contributed by atoms with Crippen molar-refractivity contribution in [2.75, 3.05) is 37.7 Å². The Bertz CT molecular complexity index is 889. The second kappa shape index (κ2) is 8.39. The lowest BCUT2D eigenvalue weighted by Gasteiger charge is -2.39. The Morgan fingerprint density at radius 2 is 1.68 bits per heavy atom. The van der Waals surface area contributed by atoms with Gasteiger partial charge in [-0.1, -0.05) is 30.3 Å². The van der Waals surface area contributed by atoms with E-state index in [4.69, 9.17) is 4.74 Å². The average molecular weight is 378 g/mol. The summed E-state index contributed by atoms with van der Waals surface area (Å²) < 4.78 is 7.64. The summed E-state index contributed by atoms with van der Waals surface area (Å²) in [6, 6.07) is 18.5. The van der Waals surface area contributed by atoms with E-state index in [2.05, 4.69) is 44.4 Å². The molecule has 4 rings (SSSR count). The Kier molecular flexibility index (Phi) is 5.53. The zero-order valence-electron chi connectivity index (χ0n) is 16.4. The van der Waals surface area contributed by atoms with Gasteiger partial charge in [0.15, 0.2) is 5.82 Å². The van der Waals surface area contributed by atoms with E-state index >= 15 is 0 Å². The average Bonchev–Trinajstić information content (AvgIpc) is 3.25. The fourth-order valence-electron chi connectivity index (χ4n) is 3.72. The van der Waals surface area contributed by atoms with Crippen molar-refractivity contribution >= 4 is 5.69 Å². The van der Waals surface area contributed by atoms with Crippen LogP contribution in [0.15, 0.2) is 54.6 Å². The van der Waals surface area contributed by atoms with Crippen molar-refractivity contribution in [3.05, 3.63) is 60.4 Å². The molecule has 0 N–H and O–H groups in total. The molecular formula is C21H26N6O. The first-order valence-electron chi connectivity index (χ1n) is 9.82. The minimum atomic E-state index is 0.138. The number of hydrogen-bond donors (Lipinski definition) is 0. The molecular weight excluding hydrogens is 352 g/mol. The summed E-state index contributed by atoms with van der Waals surface area (Å²) in [5.74, 6) is 1.83. The van der Waals surface area contributed by atoms with Gasteiger partial charge in [-0.25, -0.2) is 0 Å². The van der Waals surface area contributed by atoms with Gasteiger partial charge in [-0.05, 0) is 48.5 Å². The molecule has 3 aromatic rings.